The lowest BCUT2D eigenvalue weighted by molar-refractivity contribution is 0.505. The Morgan fingerprint density at radius 1 is 1.14 bits per heavy atom. The zero-order valence-corrected chi connectivity index (χ0v) is 11.7. The topological polar surface area (TPSA) is 17.1 Å². The molecule has 0 saturated heterocycles. The second-order valence-corrected chi connectivity index (χ2v) is 13.1. The first-order chi connectivity index (χ1) is 6.49. The Bertz CT molecular complexity index is 192. The predicted molar refractivity (Wildman–Crippen MR) is 68.0 cm³/mol. The molecule has 0 radical (unpaired) electrons. The van der Waals surface area contributed by atoms with Crippen LogP contribution in [0.5, 0.6) is 0 Å². The Morgan fingerprint density at radius 2 is 1.71 bits per heavy atom. The standard InChI is InChI=1S/C11H24OSSi/c1-14(2,3)10-9-13(12)11-7-5-4-6-8-11/h11H,4-10H2,1-3H3/t13-/m0/s1. The van der Waals surface area contributed by atoms with Crippen molar-refractivity contribution in [2.45, 2.75) is 63.0 Å². The molecule has 1 nitrogen and oxygen atoms in total. The molecule has 1 rings (SSSR count). The van der Waals surface area contributed by atoms with Crippen LogP contribution in [-0.4, -0.2) is 23.3 Å². The fourth-order valence-electron chi connectivity index (χ4n) is 1.90. The van der Waals surface area contributed by atoms with Crippen molar-refractivity contribution in [2.24, 2.45) is 0 Å². The molecule has 0 aromatic carbocycles. The summed E-state index contributed by atoms with van der Waals surface area (Å²) in [5.74, 6) is 0.973. The van der Waals surface area contributed by atoms with Gasteiger partial charge in [0.25, 0.3) is 0 Å². The average molecular weight is 232 g/mol. The number of hydrogen-bond acceptors (Lipinski definition) is 1. The van der Waals surface area contributed by atoms with Crippen molar-refractivity contribution >= 4 is 18.9 Å². The van der Waals surface area contributed by atoms with Gasteiger partial charge in [-0.05, 0) is 18.9 Å². The van der Waals surface area contributed by atoms with Crippen LogP contribution in [0.1, 0.15) is 32.1 Å². The van der Waals surface area contributed by atoms with E-state index in [-0.39, 0.29) is 0 Å². The van der Waals surface area contributed by atoms with Crippen LogP contribution in [0, 0.1) is 0 Å². The van der Waals surface area contributed by atoms with E-state index in [1.807, 2.05) is 0 Å². The van der Waals surface area contributed by atoms with Crippen LogP contribution in [0.4, 0.5) is 0 Å². The van der Waals surface area contributed by atoms with Crippen LogP contribution in [0.2, 0.25) is 25.7 Å². The SMILES string of the molecule is C[Si](C)(C)CC[S@](=O)C1CCCCC1. The molecule has 0 N–H and O–H groups in total. The van der Waals surface area contributed by atoms with Crippen molar-refractivity contribution in [2.75, 3.05) is 5.75 Å². The van der Waals surface area contributed by atoms with Crippen LogP contribution in [0.15, 0.2) is 0 Å². The van der Waals surface area contributed by atoms with Gasteiger partial charge in [-0.3, -0.25) is 4.21 Å². The lowest BCUT2D eigenvalue weighted by atomic mass is 10.0. The average Bonchev–Trinajstić information content (AvgIpc) is 2.14. The van der Waals surface area contributed by atoms with E-state index < -0.39 is 18.9 Å². The predicted octanol–water partition coefficient (Wildman–Crippen LogP) is 3.41. The molecule has 14 heavy (non-hydrogen) atoms. The summed E-state index contributed by atoms with van der Waals surface area (Å²) in [6.45, 7) is 7.10. The molecule has 0 heterocycles. The first kappa shape index (κ1) is 12.4. The molecule has 1 aliphatic carbocycles. The third kappa shape index (κ3) is 4.74. The molecule has 84 valence electrons. The molecule has 0 aromatic rings. The van der Waals surface area contributed by atoms with Gasteiger partial charge >= 0.3 is 0 Å². The Morgan fingerprint density at radius 3 is 2.21 bits per heavy atom. The van der Waals surface area contributed by atoms with Gasteiger partial charge < -0.3 is 0 Å². The van der Waals surface area contributed by atoms with Crippen LogP contribution in [0.25, 0.3) is 0 Å². The molecule has 0 aliphatic heterocycles. The van der Waals surface area contributed by atoms with E-state index in [1.54, 1.807) is 0 Å². The molecule has 0 aromatic heterocycles. The maximum absolute atomic E-state index is 12.0. The molecular weight excluding hydrogens is 208 g/mol. The van der Waals surface area contributed by atoms with Gasteiger partial charge in [0, 0.05) is 29.9 Å². The third-order valence-corrected chi connectivity index (χ3v) is 6.91. The van der Waals surface area contributed by atoms with Crippen LogP contribution < -0.4 is 0 Å². The van der Waals surface area contributed by atoms with E-state index in [4.69, 9.17) is 0 Å². The number of rotatable bonds is 4. The summed E-state index contributed by atoms with van der Waals surface area (Å²) in [7, 11) is -1.49. The molecule has 0 bridgehead atoms. The normalized spacial score (nSPS) is 22.2. The molecule has 0 unspecified atom stereocenters. The Hall–Kier alpha value is 0.367. The van der Waals surface area contributed by atoms with Crippen LogP contribution in [-0.2, 0) is 10.8 Å². The first-order valence-electron chi connectivity index (χ1n) is 5.86. The lowest BCUT2D eigenvalue weighted by Crippen LogP contribution is -2.27. The zero-order chi connectivity index (χ0) is 10.6. The van der Waals surface area contributed by atoms with Crippen molar-refractivity contribution in [1.29, 1.82) is 0 Å². The van der Waals surface area contributed by atoms with Crippen molar-refractivity contribution < 1.29 is 4.21 Å². The summed E-state index contributed by atoms with van der Waals surface area (Å²) in [6, 6.07) is 1.23. The van der Waals surface area contributed by atoms with Gasteiger partial charge in [0.15, 0.2) is 0 Å². The molecule has 0 amide bonds. The van der Waals surface area contributed by atoms with Gasteiger partial charge in [-0.15, -0.1) is 0 Å². The summed E-state index contributed by atoms with van der Waals surface area (Å²) in [4.78, 5) is 0. The van der Waals surface area contributed by atoms with Crippen LogP contribution in [0.3, 0.4) is 0 Å². The minimum absolute atomic E-state index is 0.518. The van der Waals surface area contributed by atoms with Crippen molar-refractivity contribution in [1.82, 2.24) is 0 Å². The maximum atomic E-state index is 12.0. The van der Waals surface area contributed by atoms with E-state index >= 15 is 0 Å². The highest BCUT2D eigenvalue weighted by atomic mass is 32.2. The Labute approximate surface area is 92.1 Å². The Kier molecular flexibility index (Phi) is 4.84. The van der Waals surface area contributed by atoms with Crippen molar-refractivity contribution in [3.05, 3.63) is 0 Å². The van der Waals surface area contributed by atoms with Crippen molar-refractivity contribution in [3.63, 3.8) is 0 Å². The minimum Gasteiger partial charge on any atom is -0.259 e. The summed E-state index contributed by atoms with van der Waals surface area (Å²) in [6.07, 6.45) is 6.42. The van der Waals surface area contributed by atoms with Crippen LogP contribution >= 0.6 is 0 Å². The monoisotopic (exact) mass is 232 g/mol. The third-order valence-electron chi connectivity index (χ3n) is 2.98. The second kappa shape index (κ2) is 5.45. The quantitative estimate of drug-likeness (QED) is 0.679. The fourth-order valence-corrected chi connectivity index (χ4v) is 6.35. The molecule has 1 saturated carbocycles. The van der Waals surface area contributed by atoms with Gasteiger partial charge in [-0.25, -0.2) is 0 Å². The molecule has 3 heteroatoms. The summed E-state index contributed by atoms with van der Waals surface area (Å²) >= 11 is 0. The van der Waals surface area contributed by atoms with E-state index in [9.17, 15) is 4.21 Å². The summed E-state index contributed by atoms with van der Waals surface area (Å²) < 4.78 is 12.0. The highest BCUT2D eigenvalue weighted by Gasteiger charge is 2.21. The minimum atomic E-state index is -0.977. The molecule has 1 fully saturated rings. The molecule has 0 spiro atoms. The van der Waals surface area contributed by atoms with Crippen molar-refractivity contribution in [3.8, 4) is 0 Å². The molecule has 1 aliphatic rings. The van der Waals surface area contributed by atoms with E-state index in [0.717, 1.165) is 5.75 Å². The van der Waals surface area contributed by atoms with Gasteiger partial charge in [0.05, 0.1) is 0 Å². The molecular formula is C11H24OSSi. The first-order valence-corrected chi connectivity index (χ1v) is 11.0. The largest absolute Gasteiger partial charge is 0.259 e. The Balaban J connectivity index is 2.27. The lowest BCUT2D eigenvalue weighted by Gasteiger charge is -2.22. The smallest absolute Gasteiger partial charge is 0.0451 e. The highest BCUT2D eigenvalue weighted by Crippen LogP contribution is 2.23. The summed E-state index contributed by atoms with van der Waals surface area (Å²) in [5.41, 5.74) is 0. The maximum Gasteiger partial charge on any atom is 0.0451 e. The van der Waals surface area contributed by atoms with E-state index in [2.05, 4.69) is 19.6 Å². The summed E-state index contributed by atoms with van der Waals surface area (Å²) in [5, 5.41) is 0.542. The zero-order valence-electron chi connectivity index (χ0n) is 9.84. The number of hydrogen-bond donors (Lipinski definition) is 0. The van der Waals surface area contributed by atoms with Gasteiger partial charge in [-0.1, -0.05) is 38.9 Å². The molecule has 1 atom stereocenters. The van der Waals surface area contributed by atoms with Gasteiger partial charge in [0.1, 0.15) is 0 Å². The fraction of sp³-hybridized carbons (Fsp3) is 1.00. The van der Waals surface area contributed by atoms with Gasteiger partial charge in [0.2, 0.25) is 0 Å². The second-order valence-electron chi connectivity index (χ2n) is 5.66. The van der Waals surface area contributed by atoms with E-state index in [1.165, 1.54) is 38.1 Å². The highest BCUT2D eigenvalue weighted by molar-refractivity contribution is 7.85. The van der Waals surface area contributed by atoms with Gasteiger partial charge in [-0.2, -0.15) is 0 Å². The van der Waals surface area contributed by atoms with E-state index in [0.29, 0.717) is 5.25 Å².